The van der Waals surface area contributed by atoms with E-state index in [0.29, 0.717) is 11.3 Å². The maximum Gasteiger partial charge on any atom is 0.261 e. The summed E-state index contributed by atoms with van der Waals surface area (Å²) in [5, 5.41) is 0. The fourth-order valence-electron chi connectivity index (χ4n) is 1.72. The summed E-state index contributed by atoms with van der Waals surface area (Å²) >= 11 is 3.06. The first kappa shape index (κ1) is 15.0. The van der Waals surface area contributed by atoms with Crippen molar-refractivity contribution in [1.29, 1.82) is 0 Å². The number of sulfonamides is 1. The van der Waals surface area contributed by atoms with Gasteiger partial charge in [0, 0.05) is 0 Å². The SMILES string of the molecule is Cc1ccc(S(=O)(=O)Nc2cc(C)c(F)c(Br)c2)cc1. The Balaban J connectivity index is 2.36. The van der Waals surface area contributed by atoms with Crippen molar-refractivity contribution in [2.45, 2.75) is 18.7 Å². The molecule has 0 aromatic heterocycles. The second-order valence-corrected chi connectivity index (χ2v) is 7.04. The highest BCUT2D eigenvalue weighted by Crippen LogP contribution is 2.25. The van der Waals surface area contributed by atoms with Crippen molar-refractivity contribution in [2.75, 3.05) is 4.72 Å². The molecular formula is C14H13BrFNO2S. The van der Waals surface area contributed by atoms with Gasteiger partial charge in [0.2, 0.25) is 0 Å². The van der Waals surface area contributed by atoms with Crippen LogP contribution in [0.3, 0.4) is 0 Å². The summed E-state index contributed by atoms with van der Waals surface area (Å²) in [6.07, 6.45) is 0. The Labute approximate surface area is 126 Å². The smallest absolute Gasteiger partial charge is 0.261 e. The zero-order valence-electron chi connectivity index (χ0n) is 10.9. The van der Waals surface area contributed by atoms with E-state index in [1.54, 1.807) is 19.1 Å². The predicted octanol–water partition coefficient (Wildman–Crippen LogP) is 4.01. The zero-order valence-corrected chi connectivity index (χ0v) is 13.3. The molecule has 0 unspecified atom stereocenters. The third kappa shape index (κ3) is 3.19. The molecule has 0 amide bonds. The third-order valence-corrected chi connectivity index (χ3v) is 4.77. The van der Waals surface area contributed by atoms with Crippen molar-refractivity contribution >= 4 is 31.6 Å². The lowest BCUT2D eigenvalue weighted by Crippen LogP contribution is -2.13. The number of nitrogens with one attached hydrogen (secondary N) is 1. The van der Waals surface area contributed by atoms with E-state index >= 15 is 0 Å². The van der Waals surface area contributed by atoms with E-state index in [9.17, 15) is 12.8 Å². The average molecular weight is 358 g/mol. The van der Waals surface area contributed by atoms with Crippen LogP contribution in [-0.2, 0) is 10.0 Å². The maximum absolute atomic E-state index is 13.5. The van der Waals surface area contributed by atoms with Crippen molar-refractivity contribution in [1.82, 2.24) is 0 Å². The lowest BCUT2D eigenvalue weighted by Gasteiger charge is -2.10. The molecule has 0 bridgehead atoms. The summed E-state index contributed by atoms with van der Waals surface area (Å²) in [5.41, 5.74) is 1.65. The first-order chi connectivity index (χ1) is 9.29. The number of hydrogen-bond donors (Lipinski definition) is 1. The summed E-state index contributed by atoms with van der Waals surface area (Å²) < 4.78 is 40.5. The molecule has 106 valence electrons. The van der Waals surface area contributed by atoms with E-state index in [0.717, 1.165) is 5.56 Å². The van der Waals surface area contributed by atoms with E-state index in [1.165, 1.54) is 24.3 Å². The summed E-state index contributed by atoms with van der Waals surface area (Å²) in [4.78, 5) is 0.168. The predicted molar refractivity (Wildman–Crippen MR) is 80.8 cm³/mol. The summed E-state index contributed by atoms with van der Waals surface area (Å²) in [7, 11) is -3.67. The summed E-state index contributed by atoms with van der Waals surface area (Å²) in [6.45, 7) is 3.45. The lowest BCUT2D eigenvalue weighted by atomic mass is 10.2. The number of anilines is 1. The van der Waals surface area contributed by atoms with Crippen molar-refractivity contribution < 1.29 is 12.8 Å². The Bertz CT molecular complexity index is 719. The Kier molecular flexibility index (Phi) is 4.15. The Morgan fingerprint density at radius 3 is 2.25 bits per heavy atom. The van der Waals surface area contributed by atoms with Crippen LogP contribution in [-0.4, -0.2) is 8.42 Å². The van der Waals surface area contributed by atoms with Crippen LogP contribution in [0.25, 0.3) is 0 Å². The first-order valence-electron chi connectivity index (χ1n) is 5.85. The van der Waals surface area contributed by atoms with Crippen LogP contribution in [0.2, 0.25) is 0 Å². The third-order valence-electron chi connectivity index (χ3n) is 2.79. The van der Waals surface area contributed by atoms with Crippen LogP contribution in [0.1, 0.15) is 11.1 Å². The van der Waals surface area contributed by atoms with Gasteiger partial charge < -0.3 is 0 Å². The van der Waals surface area contributed by atoms with Gasteiger partial charge in [-0.25, -0.2) is 12.8 Å². The minimum Gasteiger partial charge on any atom is -0.280 e. The van der Waals surface area contributed by atoms with Gasteiger partial charge in [0.15, 0.2) is 0 Å². The normalized spacial score (nSPS) is 11.4. The number of halogens is 2. The van der Waals surface area contributed by atoms with Gasteiger partial charge in [0.05, 0.1) is 15.1 Å². The Hall–Kier alpha value is -1.40. The van der Waals surface area contributed by atoms with Crippen molar-refractivity contribution in [3.05, 3.63) is 57.8 Å². The second-order valence-electron chi connectivity index (χ2n) is 4.51. The average Bonchev–Trinajstić information content (AvgIpc) is 2.36. The highest BCUT2D eigenvalue weighted by Gasteiger charge is 2.15. The lowest BCUT2D eigenvalue weighted by molar-refractivity contribution is 0.600. The molecule has 0 aliphatic rings. The van der Waals surface area contributed by atoms with E-state index in [1.807, 2.05) is 6.92 Å². The van der Waals surface area contributed by atoms with Gasteiger partial charge >= 0.3 is 0 Å². The van der Waals surface area contributed by atoms with Gasteiger partial charge in [-0.3, -0.25) is 4.72 Å². The molecule has 2 rings (SSSR count). The number of benzene rings is 2. The molecule has 0 aliphatic heterocycles. The highest BCUT2D eigenvalue weighted by molar-refractivity contribution is 9.10. The van der Waals surface area contributed by atoms with Crippen molar-refractivity contribution in [3.8, 4) is 0 Å². The molecule has 0 saturated heterocycles. The fraction of sp³-hybridized carbons (Fsp3) is 0.143. The molecule has 3 nitrogen and oxygen atoms in total. The molecule has 0 spiro atoms. The minimum atomic E-state index is -3.67. The van der Waals surface area contributed by atoms with Crippen LogP contribution in [0.4, 0.5) is 10.1 Å². The van der Waals surface area contributed by atoms with Crippen LogP contribution in [0.15, 0.2) is 45.8 Å². The molecule has 0 saturated carbocycles. The van der Waals surface area contributed by atoms with Gasteiger partial charge in [-0.15, -0.1) is 0 Å². The topological polar surface area (TPSA) is 46.2 Å². The Morgan fingerprint density at radius 1 is 1.10 bits per heavy atom. The number of hydrogen-bond acceptors (Lipinski definition) is 2. The maximum atomic E-state index is 13.5. The number of aryl methyl sites for hydroxylation is 2. The van der Waals surface area contributed by atoms with Gasteiger partial charge in [0.25, 0.3) is 10.0 Å². The monoisotopic (exact) mass is 357 g/mol. The quantitative estimate of drug-likeness (QED) is 0.901. The summed E-state index contributed by atoms with van der Waals surface area (Å²) in [6, 6.07) is 9.35. The molecule has 6 heteroatoms. The van der Waals surface area contributed by atoms with Gasteiger partial charge in [0.1, 0.15) is 5.82 Å². The molecule has 0 radical (unpaired) electrons. The van der Waals surface area contributed by atoms with Crippen LogP contribution in [0, 0.1) is 19.7 Å². The standard InChI is InChI=1S/C14H13BrFNO2S/c1-9-3-5-12(6-4-9)20(18,19)17-11-7-10(2)14(16)13(15)8-11/h3-8,17H,1-2H3. The van der Waals surface area contributed by atoms with E-state index in [-0.39, 0.29) is 9.37 Å². The first-order valence-corrected chi connectivity index (χ1v) is 8.12. The van der Waals surface area contributed by atoms with Crippen molar-refractivity contribution in [3.63, 3.8) is 0 Å². The van der Waals surface area contributed by atoms with E-state index in [4.69, 9.17) is 0 Å². The molecular weight excluding hydrogens is 345 g/mol. The molecule has 2 aromatic rings. The molecule has 0 heterocycles. The second kappa shape index (κ2) is 5.54. The van der Waals surface area contributed by atoms with Crippen LogP contribution < -0.4 is 4.72 Å². The molecule has 1 N–H and O–H groups in total. The minimum absolute atomic E-state index is 0.168. The fourth-order valence-corrected chi connectivity index (χ4v) is 3.32. The van der Waals surface area contributed by atoms with Gasteiger partial charge in [-0.05, 0) is 59.6 Å². The Morgan fingerprint density at radius 2 is 1.70 bits per heavy atom. The van der Waals surface area contributed by atoms with Gasteiger partial charge in [-0.2, -0.15) is 0 Å². The summed E-state index contributed by atoms with van der Waals surface area (Å²) in [5.74, 6) is -0.400. The van der Waals surface area contributed by atoms with Gasteiger partial charge in [-0.1, -0.05) is 17.7 Å². The zero-order chi connectivity index (χ0) is 14.9. The molecule has 0 fully saturated rings. The number of rotatable bonds is 3. The van der Waals surface area contributed by atoms with Crippen molar-refractivity contribution in [2.24, 2.45) is 0 Å². The van der Waals surface area contributed by atoms with Crippen LogP contribution in [0.5, 0.6) is 0 Å². The largest absolute Gasteiger partial charge is 0.280 e. The molecule has 0 aliphatic carbocycles. The highest BCUT2D eigenvalue weighted by atomic mass is 79.9. The molecule has 20 heavy (non-hydrogen) atoms. The molecule has 2 aromatic carbocycles. The van der Waals surface area contributed by atoms with E-state index < -0.39 is 15.8 Å². The van der Waals surface area contributed by atoms with Crippen LogP contribution >= 0.6 is 15.9 Å². The van der Waals surface area contributed by atoms with E-state index in [2.05, 4.69) is 20.7 Å². The molecule has 0 atom stereocenters.